The van der Waals surface area contributed by atoms with Crippen molar-refractivity contribution in [1.29, 1.82) is 0 Å². The van der Waals surface area contributed by atoms with Crippen LogP contribution >= 0.6 is 0 Å². The van der Waals surface area contributed by atoms with Gasteiger partial charge in [0, 0.05) is 17.0 Å². The Morgan fingerprint density at radius 3 is 2.40 bits per heavy atom. The molecule has 2 rings (SSSR count). The molecule has 0 fully saturated rings. The molecule has 20 heavy (non-hydrogen) atoms. The molecular formula is C16H17NO3. The maximum Gasteiger partial charge on any atom is 0.248 e. The molecule has 0 bridgehead atoms. The van der Waals surface area contributed by atoms with Gasteiger partial charge < -0.3 is 4.98 Å². The summed E-state index contributed by atoms with van der Waals surface area (Å²) in [6.45, 7) is 4.78. The van der Waals surface area contributed by atoms with E-state index >= 15 is 0 Å². The molecule has 0 saturated carbocycles. The average Bonchev–Trinajstić information content (AvgIpc) is 2.35. The van der Waals surface area contributed by atoms with Crippen LogP contribution in [0, 0.1) is 12.8 Å². The van der Waals surface area contributed by atoms with Crippen LogP contribution in [0.5, 0.6) is 0 Å². The second-order valence-electron chi connectivity index (χ2n) is 5.19. The lowest BCUT2D eigenvalue weighted by molar-refractivity contribution is -0.130. The van der Waals surface area contributed by atoms with E-state index in [9.17, 15) is 14.4 Å². The van der Waals surface area contributed by atoms with Crippen molar-refractivity contribution >= 4 is 22.5 Å². The van der Waals surface area contributed by atoms with Crippen molar-refractivity contribution in [3.63, 3.8) is 0 Å². The smallest absolute Gasteiger partial charge is 0.248 e. The number of Topliss-reactive ketones (excluding diaryl/α,β-unsaturated/α-hetero) is 2. The maximum absolute atomic E-state index is 11.7. The Balaban J connectivity index is 2.58. The van der Waals surface area contributed by atoms with Gasteiger partial charge in [-0.1, -0.05) is 11.6 Å². The third-order valence-electron chi connectivity index (χ3n) is 3.49. The second kappa shape index (κ2) is 5.41. The molecule has 0 unspecified atom stereocenters. The predicted molar refractivity (Wildman–Crippen MR) is 77.9 cm³/mol. The van der Waals surface area contributed by atoms with E-state index < -0.39 is 5.92 Å². The van der Waals surface area contributed by atoms with Crippen LogP contribution in [0.2, 0.25) is 0 Å². The Labute approximate surface area is 116 Å². The van der Waals surface area contributed by atoms with Crippen molar-refractivity contribution in [2.45, 2.75) is 27.2 Å². The molecular weight excluding hydrogens is 254 g/mol. The number of aromatic nitrogens is 1. The first-order valence-corrected chi connectivity index (χ1v) is 6.52. The molecule has 0 aliphatic rings. The summed E-state index contributed by atoms with van der Waals surface area (Å²) in [7, 11) is 0. The van der Waals surface area contributed by atoms with Gasteiger partial charge >= 0.3 is 0 Å². The van der Waals surface area contributed by atoms with E-state index in [-0.39, 0.29) is 23.5 Å². The summed E-state index contributed by atoms with van der Waals surface area (Å²) in [5.41, 5.74) is 2.31. The summed E-state index contributed by atoms with van der Waals surface area (Å²) in [5.74, 6) is -1.02. The third kappa shape index (κ3) is 2.85. The van der Waals surface area contributed by atoms with Crippen molar-refractivity contribution in [1.82, 2.24) is 4.98 Å². The number of aromatic amines is 1. The van der Waals surface area contributed by atoms with E-state index in [1.54, 1.807) is 0 Å². The van der Waals surface area contributed by atoms with Crippen molar-refractivity contribution in [2.24, 2.45) is 5.92 Å². The second-order valence-corrected chi connectivity index (χ2v) is 5.19. The lowest BCUT2D eigenvalue weighted by atomic mass is 9.91. The standard InChI is InChI=1S/C16H17NO3/c1-9-4-5-15-14(6-9)12(8-16(20)17-15)7-13(10(2)18)11(3)19/h4-6,8,13H,7H2,1-3H3,(H,17,20). The van der Waals surface area contributed by atoms with Crippen LogP contribution in [-0.4, -0.2) is 16.6 Å². The SMILES string of the molecule is CC(=O)C(Cc1cc(=O)[nH]c2ccc(C)cc12)C(C)=O. The molecule has 0 aliphatic heterocycles. The van der Waals surface area contributed by atoms with Gasteiger partial charge in [0.25, 0.3) is 0 Å². The Morgan fingerprint density at radius 1 is 1.15 bits per heavy atom. The average molecular weight is 271 g/mol. The largest absolute Gasteiger partial charge is 0.322 e. The number of benzene rings is 1. The Hall–Kier alpha value is -2.23. The van der Waals surface area contributed by atoms with Crippen molar-refractivity contribution in [2.75, 3.05) is 0 Å². The number of hydrogen-bond donors (Lipinski definition) is 1. The van der Waals surface area contributed by atoms with Crippen molar-refractivity contribution < 1.29 is 9.59 Å². The van der Waals surface area contributed by atoms with Crippen LogP contribution in [0.15, 0.2) is 29.1 Å². The first-order valence-electron chi connectivity index (χ1n) is 6.52. The van der Waals surface area contributed by atoms with E-state index in [4.69, 9.17) is 0 Å². The molecule has 0 aliphatic carbocycles. The van der Waals surface area contributed by atoms with Crippen LogP contribution in [0.25, 0.3) is 10.9 Å². The van der Waals surface area contributed by atoms with Gasteiger partial charge in [0.15, 0.2) is 0 Å². The van der Waals surface area contributed by atoms with Crippen LogP contribution in [0.1, 0.15) is 25.0 Å². The highest BCUT2D eigenvalue weighted by atomic mass is 16.1. The van der Waals surface area contributed by atoms with Gasteiger partial charge in [0.2, 0.25) is 5.56 Å². The van der Waals surface area contributed by atoms with Gasteiger partial charge in [-0.2, -0.15) is 0 Å². The lowest BCUT2D eigenvalue weighted by Gasteiger charge is -2.12. The topological polar surface area (TPSA) is 67.0 Å². The number of nitrogens with one attached hydrogen (secondary N) is 1. The monoisotopic (exact) mass is 271 g/mol. The Kier molecular flexibility index (Phi) is 3.84. The van der Waals surface area contributed by atoms with Crippen LogP contribution in [-0.2, 0) is 16.0 Å². The molecule has 1 aromatic heterocycles. The van der Waals surface area contributed by atoms with Gasteiger partial charge in [-0.25, -0.2) is 0 Å². The highest BCUT2D eigenvalue weighted by Gasteiger charge is 2.21. The quantitative estimate of drug-likeness (QED) is 0.867. The van der Waals surface area contributed by atoms with Crippen molar-refractivity contribution in [3.8, 4) is 0 Å². The van der Waals surface area contributed by atoms with E-state index in [0.29, 0.717) is 0 Å². The zero-order valence-electron chi connectivity index (χ0n) is 11.8. The summed E-state index contributed by atoms with van der Waals surface area (Å²) in [6.07, 6.45) is 0.272. The fourth-order valence-corrected chi connectivity index (χ4v) is 2.40. The van der Waals surface area contributed by atoms with Gasteiger partial charge in [0.05, 0.1) is 5.92 Å². The van der Waals surface area contributed by atoms with E-state index in [0.717, 1.165) is 22.0 Å². The summed E-state index contributed by atoms with van der Waals surface area (Å²) in [5, 5.41) is 0.886. The Bertz CT molecular complexity index is 729. The van der Waals surface area contributed by atoms with E-state index in [1.165, 1.54) is 19.9 Å². The molecule has 104 valence electrons. The van der Waals surface area contributed by atoms with Gasteiger partial charge in [0.1, 0.15) is 11.6 Å². The zero-order valence-corrected chi connectivity index (χ0v) is 11.8. The number of fused-ring (bicyclic) bond motifs is 1. The third-order valence-corrected chi connectivity index (χ3v) is 3.49. The zero-order chi connectivity index (χ0) is 14.9. The fourth-order valence-electron chi connectivity index (χ4n) is 2.40. The fraction of sp³-hybridized carbons (Fsp3) is 0.312. The van der Waals surface area contributed by atoms with Crippen LogP contribution in [0.4, 0.5) is 0 Å². The molecule has 0 radical (unpaired) electrons. The first-order chi connectivity index (χ1) is 9.38. The summed E-state index contributed by atoms with van der Waals surface area (Å²) in [4.78, 5) is 37.6. The summed E-state index contributed by atoms with van der Waals surface area (Å²) in [6, 6.07) is 7.18. The van der Waals surface area contributed by atoms with Gasteiger partial charge in [-0.05, 0) is 44.9 Å². The molecule has 1 aromatic carbocycles. The molecule has 2 aromatic rings. The van der Waals surface area contributed by atoms with E-state index in [1.807, 2.05) is 25.1 Å². The summed E-state index contributed by atoms with van der Waals surface area (Å²) >= 11 is 0. The number of pyridine rings is 1. The molecule has 4 heteroatoms. The molecule has 0 atom stereocenters. The minimum Gasteiger partial charge on any atom is -0.322 e. The number of aryl methyl sites for hydroxylation is 1. The maximum atomic E-state index is 11.7. The number of H-pyrrole nitrogens is 1. The normalized spacial score (nSPS) is 11.0. The van der Waals surface area contributed by atoms with E-state index in [2.05, 4.69) is 4.98 Å². The van der Waals surface area contributed by atoms with Crippen LogP contribution in [0.3, 0.4) is 0 Å². The first kappa shape index (κ1) is 14.2. The molecule has 0 amide bonds. The Morgan fingerprint density at radius 2 is 1.80 bits per heavy atom. The minimum atomic E-state index is -0.680. The molecule has 1 N–H and O–H groups in total. The van der Waals surface area contributed by atoms with Gasteiger partial charge in [-0.3, -0.25) is 14.4 Å². The van der Waals surface area contributed by atoms with Gasteiger partial charge in [-0.15, -0.1) is 0 Å². The number of rotatable bonds is 4. The lowest BCUT2D eigenvalue weighted by Crippen LogP contribution is -2.23. The molecule has 1 heterocycles. The number of carbonyl (C=O) groups is 2. The summed E-state index contributed by atoms with van der Waals surface area (Å²) < 4.78 is 0. The molecule has 4 nitrogen and oxygen atoms in total. The highest BCUT2D eigenvalue weighted by molar-refractivity contribution is 6.01. The number of carbonyl (C=O) groups excluding carboxylic acids is 2. The molecule has 0 spiro atoms. The van der Waals surface area contributed by atoms with Crippen molar-refractivity contribution in [3.05, 3.63) is 45.7 Å². The predicted octanol–water partition coefficient (Wildman–Crippen LogP) is 2.17. The minimum absolute atomic E-state index is 0.168. The highest BCUT2D eigenvalue weighted by Crippen LogP contribution is 2.20. The number of ketones is 2. The number of hydrogen-bond acceptors (Lipinski definition) is 3. The molecule has 0 saturated heterocycles. The van der Waals surface area contributed by atoms with Crippen LogP contribution < -0.4 is 5.56 Å².